The first-order valence-electron chi connectivity index (χ1n) is 8.14. The molecule has 0 aliphatic carbocycles. The number of sulfonamides is 1. The Hall–Kier alpha value is -2.65. The molecule has 2 aromatic carbocycles. The number of ether oxygens (including phenoxy) is 3. The van der Waals surface area contributed by atoms with E-state index in [9.17, 15) is 13.2 Å². The first kappa shape index (κ1) is 21.6. The first-order valence-corrected chi connectivity index (χ1v) is 10.0. The number of nitrogens with one attached hydrogen (secondary N) is 2. The van der Waals surface area contributed by atoms with Crippen LogP contribution in [-0.4, -0.2) is 41.7 Å². The third-order valence-corrected chi connectivity index (χ3v) is 5.46. The number of amides is 1. The molecular weight excluding hydrogens is 408 g/mol. The van der Waals surface area contributed by atoms with Crippen molar-refractivity contribution >= 4 is 33.2 Å². The van der Waals surface area contributed by atoms with E-state index in [0.29, 0.717) is 11.5 Å². The van der Waals surface area contributed by atoms with E-state index < -0.39 is 16.1 Å². The Kier molecular flexibility index (Phi) is 6.98. The van der Waals surface area contributed by atoms with Crippen molar-refractivity contribution in [2.45, 2.75) is 17.9 Å². The van der Waals surface area contributed by atoms with Gasteiger partial charge in [0, 0.05) is 19.2 Å². The highest BCUT2D eigenvalue weighted by Crippen LogP contribution is 2.37. The number of carbonyl (C=O) groups excluding carboxylic acids is 1. The molecule has 152 valence electrons. The zero-order valence-electron chi connectivity index (χ0n) is 15.8. The van der Waals surface area contributed by atoms with E-state index in [1.807, 2.05) is 0 Å². The molecule has 2 aromatic rings. The van der Waals surface area contributed by atoms with Crippen molar-refractivity contribution in [1.29, 1.82) is 0 Å². The fraction of sp³-hybridized carbons (Fsp3) is 0.278. The van der Waals surface area contributed by atoms with Gasteiger partial charge in [-0.05, 0) is 31.2 Å². The minimum absolute atomic E-state index is 0.00316. The van der Waals surface area contributed by atoms with E-state index >= 15 is 0 Å². The Morgan fingerprint density at radius 2 is 1.68 bits per heavy atom. The fourth-order valence-corrected chi connectivity index (χ4v) is 3.59. The molecule has 0 fully saturated rings. The predicted molar refractivity (Wildman–Crippen MR) is 106 cm³/mol. The number of halogens is 1. The quantitative estimate of drug-likeness (QED) is 0.670. The number of benzene rings is 2. The Balaban J connectivity index is 2.25. The second-order valence-corrected chi connectivity index (χ2v) is 7.73. The molecule has 28 heavy (non-hydrogen) atoms. The van der Waals surface area contributed by atoms with Crippen molar-refractivity contribution in [2.24, 2.45) is 0 Å². The summed E-state index contributed by atoms with van der Waals surface area (Å²) in [5, 5.41) is 2.76. The molecule has 0 bridgehead atoms. The van der Waals surface area contributed by atoms with Gasteiger partial charge in [-0.3, -0.25) is 9.52 Å². The van der Waals surface area contributed by atoms with Gasteiger partial charge in [0.25, 0.3) is 15.9 Å². The molecule has 0 heterocycles. The smallest absolute Gasteiger partial charge is 0.262 e. The highest BCUT2D eigenvalue weighted by molar-refractivity contribution is 7.92. The third-order valence-electron chi connectivity index (χ3n) is 3.78. The minimum Gasteiger partial charge on any atom is -0.495 e. The van der Waals surface area contributed by atoms with Crippen LogP contribution in [0.25, 0.3) is 0 Å². The van der Waals surface area contributed by atoms with E-state index in [-0.39, 0.29) is 27.3 Å². The van der Waals surface area contributed by atoms with Gasteiger partial charge in [0.1, 0.15) is 17.2 Å². The summed E-state index contributed by atoms with van der Waals surface area (Å²) in [7, 11) is 0.410. The average Bonchev–Trinajstić information content (AvgIpc) is 2.68. The maximum atomic E-state index is 12.7. The number of hydrogen-bond acceptors (Lipinski definition) is 6. The van der Waals surface area contributed by atoms with Crippen LogP contribution < -0.4 is 24.2 Å². The lowest BCUT2D eigenvalue weighted by atomic mass is 10.3. The molecule has 0 aromatic heterocycles. The van der Waals surface area contributed by atoms with Crippen LogP contribution in [-0.2, 0) is 14.8 Å². The van der Waals surface area contributed by atoms with Gasteiger partial charge >= 0.3 is 0 Å². The van der Waals surface area contributed by atoms with Gasteiger partial charge in [-0.1, -0.05) is 11.6 Å². The monoisotopic (exact) mass is 428 g/mol. The standard InChI is InChI=1S/C18H21ClN2O6S/c1-11(18(22)20-2)27-12-5-7-13(8-6-12)28(23,24)21-15-10-16(25-3)14(19)9-17(15)26-4/h5-11,21H,1-4H3,(H,20,22)/t11-/m0/s1. The highest BCUT2D eigenvalue weighted by Gasteiger charge is 2.19. The van der Waals surface area contributed by atoms with E-state index in [1.165, 1.54) is 57.7 Å². The van der Waals surface area contributed by atoms with Crippen LogP contribution in [0, 0.1) is 0 Å². The Bertz CT molecular complexity index is 947. The molecule has 0 saturated carbocycles. The maximum absolute atomic E-state index is 12.7. The summed E-state index contributed by atoms with van der Waals surface area (Å²) in [5.41, 5.74) is 0.178. The summed E-state index contributed by atoms with van der Waals surface area (Å²) in [4.78, 5) is 11.5. The van der Waals surface area contributed by atoms with Crippen LogP contribution in [0.4, 0.5) is 5.69 Å². The van der Waals surface area contributed by atoms with Crippen LogP contribution in [0.15, 0.2) is 41.3 Å². The molecule has 10 heteroatoms. The van der Waals surface area contributed by atoms with Gasteiger partial charge in [0.2, 0.25) is 0 Å². The van der Waals surface area contributed by atoms with E-state index in [4.69, 9.17) is 25.8 Å². The van der Waals surface area contributed by atoms with Gasteiger partial charge < -0.3 is 19.5 Å². The molecule has 0 unspecified atom stereocenters. The second kappa shape index (κ2) is 9.03. The third kappa shape index (κ3) is 4.99. The lowest BCUT2D eigenvalue weighted by molar-refractivity contribution is -0.126. The lowest BCUT2D eigenvalue weighted by Crippen LogP contribution is -2.33. The predicted octanol–water partition coefficient (Wildman–Crippen LogP) is 2.67. The largest absolute Gasteiger partial charge is 0.495 e. The SMILES string of the molecule is CNC(=O)[C@H](C)Oc1ccc(S(=O)(=O)Nc2cc(OC)c(Cl)cc2OC)cc1. The van der Waals surface area contributed by atoms with Crippen molar-refractivity contribution in [1.82, 2.24) is 5.32 Å². The first-order chi connectivity index (χ1) is 13.2. The summed E-state index contributed by atoms with van der Waals surface area (Å²) in [5.74, 6) is 0.615. The number of hydrogen-bond donors (Lipinski definition) is 2. The Morgan fingerprint density at radius 1 is 1.07 bits per heavy atom. The number of rotatable bonds is 8. The fourth-order valence-electron chi connectivity index (χ4n) is 2.30. The van der Waals surface area contributed by atoms with Crippen LogP contribution in [0.5, 0.6) is 17.2 Å². The van der Waals surface area contributed by atoms with Gasteiger partial charge in [-0.2, -0.15) is 0 Å². The van der Waals surface area contributed by atoms with Crippen molar-refractivity contribution in [3.05, 3.63) is 41.4 Å². The maximum Gasteiger partial charge on any atom is 0.262 e. The summed E-state index contributed by atoms with van der Waals surface area (Å²) in [6.45, 7) is 1.59. The molecule has 2 rings (SSSR count). The van der Waals surface area contributed by atoms with Crippen LogP contribution in [0.3, 0.4) is 0 Å². The normalized spacial score (nSPS) is 12.0. The van der Waals surface area contributed by atoms with E-state index in [2.05, 4.69) is 10.0 Å². The van der Waals surface area contributed by atoms with Gasteiger partial charge in [0.15, 0.2) is 6.10 Å². The van der Waals surface area contributed by atoms with Crippen LogP contribution in [0.2, 0.25) is 5.02 Å². The molecule has 0 radical (unpaired) electrons. The topological polar surface area (TPSA) is 103 Å². The summed E-state index contributed by atoms with van der Waals surface area (Å²) >= 11 is 6.04. The molecule has 0 aliphatic rings. The van der Waals surface area contributed by atoms with Gasteiger partial charge in [0.05, 0.1) is 29.8 Å². The number of carbonyl (C=O) groups is 1. The molecule has 1 amide bonds. The van der Waals surface area contributed by atoms with Crippen LogP contribution >= 0.6 is 11.6 Å². The molecule has 2 N–H and O–H groups in total. The van der Waals surface area contributed by atoms with E-state index in [0.717, 1.165) is 0 Å². The van der Waals surface area contributed by atoms with Gasteiger partial charge in [-0.15, -0.1) is 0 Å². The minimum atomic E-state index is -3.91. The molecule has 1 atom stereocenters. The van der Waals surface area contributed by atoms with Crippen molar-refractivity contribution in [3.8, 4) is 17.2 Å². The highest BCUT2D eigenvalue weighted by atomic mass is 35.5. The Morgan fingerprint density at radius 3 is 2.21 bits per heavy atom. The van der Waals surface area contributed by atoms with Crippen molar-refractivity contribution < 1.29 is 27.4 Å². The van der Waals surface area contributed by atoms with Gasteiger partial charge in [-0.25, -0.2) is 8.42 Å². The van der Waals surface area contributed by atoms with Crippen LogP contribution in [0.1, 0.15) is 6.92 Å². The average molecular weight is 429 g/mol. The van der Waals surface area contributed by atoms with Crippen molar-refractivity contribution in [3.63, 3.8) is 0 Å². The summed E-state index contributed by atoms with van der Waals surface area (Å²) < 4.78 is 43.6. The molecule has 0 aliphatic heterocycles. The molecule has 0 spiro atoms. The zero-order chi connectivity index (χ0) is 20.9. The summed E-state index contributed by atoms with van der Waals surface area (Å²) in [6.07, 6.45) is -0.712. The number of anilines is 1. The second-order valence-electron chi connectivity index (χ2n) is 5.64. The lowest BCUT2D eigenvalue weighted by Gasteiger charge is -2.15. The molecule has 8 nitrogen and oxygen atoms in total. The van der Waals surface area contributed by atoms with Crippen molar-refractivity contribution in [2.75, 3.05) is 26.0 Å². The number of likely N-dealkylation sites (N-methyl/N-ethyl adjacent to an activating group) is 1. The number of methoxy groups -OCH3 is 2. The Labute approximate surface area is 168 Å². The zero-order valence-corrected chi connectivity index (χ0v) is 17.3. The molecular formula is C18H21ClN2O6S. The summed E-state index contributed by atoms with van der Waals surface area (Å²) in [6, 6.07) is 8.56. The molecule has 0 saturated heterocycles. The van der Waals surface area contributed by atoms with E-state index in [1.54, 1.807) is 6.92 Å².